The first kappa shape index (κ1) is 18.7. The Balaban J connectivity index is 2.21. The summed E-state index contributed by atoms with van der Waals surface area (Å²) in [5.74, 6) is 1.53. The van der Waals surface area contributed by atoms with Crippen LogP contribution in [0.1, 0.15) is 34.8 Å². The van der Waals surface area contributed by atoms with E-state index in [2.05, 4.69) is 0 Å². The number of ether oxygens (including phenoxy) is 2. The molecule has 0 amide bonds. The number of carbonyl (C=O) groups excluding carboxylic acids is 1. The van der Waals surface area contributed by atoms with Crippen molar-refractivity contribution in [2.75, 3.05) is 14.2 Å². The molecule has 0 spiro atoms. The number of rotatable bonds is 7. The summed E-state index contributed by atoms with van der Waals surface area (Å²) in [5.41, 5.74) is 1.77. The summed E-state index contributed by atoms with van der Waals surface area (Å²) in [4.78, 5) is 13.8. The fourth-order valence-electron chi connectivity index (χ4n) is 3.60. The van der Waals surface area contributed by atoms with E-state index in [1.54, 1.807) is 14.2 Å². The molecule has 0 aliphatic carbocycles. The number of hydrogen-bond donors (Lipinski definition) is 0. The SMILES string of the molecule is CCC(C(=O)c1ccc(OC)cc1)(c1ccccc1)c1cccc(OC)c1. The fourth-order valence-corrected chi connectivity index (χ4v) is 3.60. The molecule has 1 unspecified atom stereocenters. The van der Waals surface area contributed by atoms with Gasteiger partial charge in [-0.2, -0.15) is 0 Å². The van der Waals surface area contributed by atoms with Gasteiger partial charge in [-0.05, 0) is 53.9 Å². The summed E-state index contributed by atoms with van der Waals surface area (Å²) in [5, 5.41) is 0. The maximum absolute atomic E-state index is 13.8. The van der Waals surface area contributed by atoms with Crippen LogP contribution in [0, 0.1) is 0 Å². The molecule has 3 aromatic carbocycles. The van der Waals surface area contributed by atoms with E-state index in [-0.39, 0.29) is 5.78 Å². The molecular formula is C24H24O3. The van der Waals surface area contributed by atoms with Gasteiger partial charge in [-0.3, -0.25) is 4.79 Å². The van der Waals surface area contributed by atoms with Gasteiger partial charge in [-0.1, -0.05) is 49.4 Å². The molecule has 3 aromatic rings. The van der Waals surface area contributed by atoms with Crippen LogP contribution in [0.3, 0.4) is 0 Å². The Kier molecular flexibility index (Phi) is 5.60. The number of Topliss-reactive ketones (excluding diaryl/α,β-unsaturated/α-hetero) is 1. The van der Waals surface area contributed by atoms with Crippen molar-refractivity contribution in [3.05, 3.63) is 95.6 Å². The zero-order valence-corrected chi connectivity index (χ0v) is 15.9. The van der Waals surface area contributed by atoms with Crippen molar-refractivity contribution >= 4 is 5.78 Å². The lowest BCUT2D eigenvalue weighted by Gasteiger charge is -2.33. The lowest BCUT2D eigenvalue weighted by atomic mass is 9.67. The van der Waals surface area contributed by atoms with Gasteiger partial charge in [0, 0.05) is 5.56 Å². The second-order valence-electron chi connectivity index (χ2n) is 6.41. The smallest absolute Gasteiger partial charge is 0.177 e. The standard InChI is InChI=1S/C24H24O3/c1-4-24(19-9-6-5-7-10-19,20-11-8-12-22(17-20)27-3)23(25)18-13-15-21(26-2)16-14-18/h5-17H,4H2,1-3H3. The molecule has 0 heterocycles. The highest BCUT2D eigenvalue weighted by atomic mass is 16.5. The third kappa shape index (κ3) is 3.45. The summed E-state index contributed by atoms with van der Waals surface area (Å²) in [7, 11) is 3.26. The highest BCUT2D eigenvalue weighted by Crippen LogP contribution is 2.40. The quantitative estimate of drug-likeness (QED) is 0.538. The first-order chi connectivity index (χ1) is 13.2. The molecular weight excluding hydrogens is 336 g/mol. The van der Waals surface area contributed by atoms with Crippen LogP contribution in [-0.2, 0) is 5.41 Å². The van der Waals surface area contributed by atoms with Crippen molar-refractivity contribution in [3.8, 4) is 11.5 Å². The number of benzene rings is 3. The molecule has 1 atom stereocenters. The Labute approximate surface area is 160 Å². The minimum Gasteiger partial charge on any atom is -0.497 e. The average molecular weight is 360 g/mol. The van der Waals surface area contributed by atoms with Gasteiger partial charge in [0.15, 0.2) is 5.78 Å². The Hall–Kier alpha value is -3.07. The van der Waals surface area contributed by atoms with Crippen molar-refractivity contribution in [1.29, 1.82) is 0 Å². The Morgan fingerprint density at radius 1 is 0.778 bits per heavy atom. The van der Waals surface area contributed by atoms with E-state index in [9.17, 15) is 4.79 Å². The van der Waals surface area contributed by atoms with E-state index < -0.39 is 5.41 Å². The Bertz CT molecular complexity index is 900. The van der Waals surface area contributed by atoms with Crippen molar-refractivity contribution in [1.82, 2.24) is 0 Å². The predicted molar refractivity (Wildman–Crippen MR) is 108 cm³/mol. The molecule has 27 heavy (non-hydrogen) atoms. The molecule has 3 rings (SSSR count). The molecule has 138 valence electrons. The van der Waals surface area contributed by atoms with Crippen molar-refractivity contribution in [3.63, 3.8) is 0 Å². The van der Waals surface area contributed by atoms with Crippen LogP contribution in [0.25, 0.3) is 0 Å². The van der Waals surface area contributed by atoms with Crippen LogP contribution < -0.4 is 9.47 Å². The highest BCUT2D eigenvalue weighted by Gasteiger charge is 2.40. The first-order valence-electron chi connectivity index (χ1n) is 9.04. The predicted octanol–water partition coefficient (Wildman–Crippen LogP) is 5.28. The fraction of sp³-hybridized carbons (Fsp3) is 0.208. The van der Waals surface area contributed by atoms with Crippen LogP contribution in [0.15, 0.2) is 78.9 Å². The van der Waals surface area contributed by atoms with E-state index in [1.165, 1.54) is 0 Å². The van der Waals surface area contributed by atoms with E-state index in [0.717, 1.165) is 22.6 Å². The van der Waals surface area contributed by atoms with Crippen molar-refractivity contribution < 1.29 is 14.3 Å². The third-order valence-electron chi connectivity index (χ3n) is 5.10. The van der Waals surface area contributed by atoms with Gasteiger partial charge < -0.3 is 9.47 Å². The summed E-state index contributed by atoms with van der Waals surface area (Å²) in [6.45, 7) is 2.05. The molecule has 0 aromatic heterocycles. The third-order valence-corrected chi connectivity index (χ3v) is 5.10. The van der Waals surface area contributed by atoms with Crippen LogP contribution in [-0.4, -0.2) is 20.0 Å². The van der Waals surface area contributed by atoms with Crippen molar-refractivity contribution in [2.24, 2.45) is 0 Å². The van der Waals surface area contributed by atoms with Gasteiger partial charge in [0.2, 0.25) is 0 Å². The van der Waals surface area contributed by atoms with Gasteiger partial charge in [0.05, 0.1) is 19.6 Å². The molecule has 0 bridgehead atoms. The molecule has 3 heteroatoms. The Morgan fingerprint density at radius 3 is 2.00 bits per heavy atom. The van der Waals surface area contributed by atoms with E-state index in [0.29, 0.717) is 12.0 Å². The normalized spacial score (nSPS) is 12.9. The maximum atomic E-state index is 13.8. The van der Waals surface area contributed by atoms with Crippen LogP contribution >= 0.6 is 0 Å². The Morgan fingerprint density at radius 2 is 1.41 bits per heavy atom. The van der Waals surface area contributed by atoms with Gasteiger partial charge in [0.1, 0.15) is 11.5 Å². The van der Waals surface area contributed by atoms with Crippen LogP contribution in [0.2, 0.25) is 0 Å². The van der Waals surface area contributed by atoms with E-state index in [4.69, 9.17) is 9.47 Å². The zero-order chi connectivity index (χ0) is 19.3. The monoisotopic (exact) mass is 360 g/mol. The number of ketones is 1. The van der Waals surface area contributed by atoms with Gasteiger partial charge in [-0.25, -0.2) is 0 Å². The minimum atomic E-state index is -0.787. The molecule has 0 fully saturated rings. The van der Waals surface area contributed by atoms with E-state index in [1.807, 2.05) is 85.8 Å². The second-order valence-corrected chi connectivity index (χ2v) is 6.41. The van der Waals surface area contributed by atoms with Crippen LogP contribution in [0.5, 0.6) is 11.5 Å². The molecule has 0 radical (unpaired) electrons. The zero-order valence-electron chi connectivity index (χ0n) is 15.9. The largest absolute Gasteiger partial charge is 0.497 e. The molecule has 3 nitrogen and oxygen atoms in total. The highest BCUT2D eigenvalue weighted by molar-refractivity contribution is 6.06. The second kappa shape index (κ2) is 8.09. The molecule has 0 saturated heterocycles. The topological polar surface area (TPSA) is 35.5 Å². The molecule has 0 saturated carbocycles. The van der Waals surface area contributed by atoms with Gasteiger partial charge in [0.25, 0.3) is 0 Å². The summed E-state index contributed by atoms with van der Waals surface area (Å²) in [6, 6.07) is 25.0. The van der Waals surface area contributed by atoms with Gasteiger partial charge in [-0.15, -0.1) is 0 Å². The summed E-state index contributed by atoms with van der Waals surface area (Å²) in [6.07, 6.45) is 0.634. The maximum Gasteiger partial charge on any atom is 0.177 e. The molecule has 0 aliphatic heterocycles. The minimum absolute atomic E-state index is 0.0621. The van der Waals surface area contributed by atoms with Crippen molar-refractivity contribution in [2.45, 2.75) is 18.8 Å². The van der Waals surface area contributed by atoms with E-state index >= 15 is 0 Å². The number of carbonyl (C=O) groups is 1. The first-order valence-corrected chi connectivity index (χ1v) is 9.04. The molecule has 0 N–H and O–H groups in total. The number of hydrogen-bond acceptors (Lipinski definition) is 3. The van der Waals surface area contributed by atoms with Gasteiger partial charge >= 0.3 is 0 Å². The van der Waals surface area contributed by atoms with Crippen LogP contribution in [0.4, 0.5) is 0 Å². The average Bonchev–Trinajstić information content (AvgIpc) is 2.75. The lowest BCUT2D eigenvalue weighted by molar-refractivity contribution is 0.0908. The summed E-state index contributed by atoms with van der Waals surface area (Å²) >= 11 is 0. The molecule has 0 aliphatic rings. The lowest BCUT2D eigenvalue weighted by Crippen LogP contribution is -2.36. The number of methoxy groups -OCH3 is 2. The summed E-state index contributed by atoms with van der Waals surface area (Å²) < 4.78 is 10.7.